The topological polar surface area (TPSA) is 92.8 Å². The SMILES string of the molecule is CC(=O)c1cccc(NC(=O)c2ccc(S(=O)(=O)N(C)CC3CCCO3)cc2)c1. The Morgan fingerprint density at radius 1 is 1.14 bits per heavy atom. The lowest BCUT2D eigenvalue weighted by molar-refractivity contribution is 0.0978. The fourth-order valence-corrected chi connectivity index (χ4v) is 4.35. The molecule has 1 aliphatic rings. The summed E-state index contributed by atoms with van der Waals surface area (Å²) >= 11 is 0. The van der Waals surface area contributed by atoms with Crippen LogP contribution in [-0.2, 0) is 14.8 Å². The lowest BCUT2D eigenvalue weighted by Gasteiger charge is -2.20. The number of hydrogen-bond acceptors (Lipinski definition) is 5. The molecule has 1 fully saturated rings. The third kappa shape index (κ3) is 5.09. The lowest BCUT2D eigenvalue weighted by Crippen LogP contribution is -2.34. The molecular weight excluding hydrogens is 392 g/mol. The summed E-state index contributed by atoms with van der Waals surface area (Å²) in [4.78, 5) is 24.0. The zero-order chi connectivity index (χ0) is 21.0. The minimum Gasteiger partial charge on any atom is -0.377 e. The van der Waals surface area contributed by atoms with Gasteiger partial charge in [-0.3, -0.25) is 9.59 Å². The summed E-state index contributed by atoms with van der Waals surface area (Å²) in [7, 11) is -2.13. The zero-order valence-electron chi connectivity index (χ0n) is 16.4. The van der Waals surface area contributed by atoms with Gasteiger partial charge in [0.1, 0.15) is 0 Å². The van der Waals surface area contributed by atoms with Crippen LogP contribution < -0.4 is 5.32 Å². The number of sulfonamides is 1. The molecule has 1 atom stereocenters. The molecule has 8 heteroatoms. The standard InChI is InChI=1S/C21H24N2O5S/c1-15(24)17-5-3-6-18(13-17)22-21(25)16-8-10-20(11-9-16)29(26,27)23(2)14-19-7-4-12-28-19/h3,5-6,8-11,13,19H,4,7,12,14H2,1-2H3,(H,22,25). The quantitative estimate of drug-likeness (QED) is 0.701. The summed E-state index contributed by atoms with van der Waals surface area (Å²) in [5.74, 6) is -0.481. The molecule has 2 aromatic carbocycles. The van der Waals surface area contributed by atoms with Crippen molar-refractivity contribution in [1.29, 1.82) is 0 Å². The summed E-state index contributed by atoms with van der Waals surface area (Å²) in [5.41, 5.74) is 1.31. The highest BCUT2D eigenvalue weighted by Crippen LogP contribution is 2.20. The number of ether oxygens (including phenoxy) is 1. The fraction of sp³-hybridized carbons (Fsp3) is 0.333. The minimum absolute atomic E-state index is 0.0782. The van der Waals surface area contributed by atoms with Gasteiger partial charge in [0.05, 0.1) is 11.0 Å². The molecule has 29 heavy (non-hydrogen) atoms. The molecule has 1 unspecified atom stereocenters. The molecule has 0 spiro atoms. The van der Waals surface area contributed by atoms with Crippen LogP contribution in [0.2, 0.25) is 0 Å². The molecule has 0 aliphatic carbocycles. The van der Waals surface area contributed by atoms with Crippen molar-refractivity contribution in [2.75, 3.05) is 25.5 Å². The van der Waals surface area contributed by atoms with E-state index in [1.54, 1.807) is 24.3 Å². The molecule has 0 saturated carbocycles. The molecule has 1 saturated heterocycles. The Balaban J connectivity index is 1.69. The summed E-state index contributed by atoms with van der Waals surface area (Å²) in [5, 5.41) is 2.72. The van der Waals surface area contributed by atoms with E-state index in [1.807, 2.05) is 0 Å². The molecular formula is C21H24N2O5S. The van der Waals surface area contributed by atoms with Crippen LogP contribution in [0.4, 0.5) is 5.69 Å². The summed E-state index contributed by atoms with van der Waals surface area (Å²) in [6, 6.07) is 12.4. The van der Waals surface area contributed by atoms with Crippen LogP contribution >= 0.6 is 0 Å². The number of likely N-dealkylation sites (N-methyl/N-ethyl adjacent to an activating group) is 1. The Hall–Kier alpha value is -2.55. The number of nitrogens with zero attached hydrogens (tertiary/aromatic N) is 1. The van der Waals surface area contributed by atoms with Crippen LogP contribution in [-0.4, -0.2) is 50.7 Å². The highest BCUT2D eigenvalue weighted by molar-refractivity contribution is 7.89. The van der Waals surface area contributed by atoms with Gasteiger partial charge >= 0.3 is 0 Å². The van der Waals surface area contributed by atoms with E-state index in [0.717, 1.165) is 12.8 Å². The maximum Gasteiger partial charge on any atom is 0.255 e. The molecule has 7 nitrogen and oxygen atoms in total. The largest absolute Gasteiger partial charge is 0.377 e. The van der Waals surface area contributed by atoms with Gasteiger partial charge in [-0.25, -0.2) is 8.42 Å². The second-order valence-electron chi connectivity index (χ2n) is 7.04. The predicted molar refractivity (Wildman–Crippen MR) is 110 cm³/mol. The van der Waals surface area contributed by atoms with Crippen LogP contribution in [0.15, 0.2) is 53.4 Å². The number of rotatable bonds is 7. The number of benzene rings is 2. The highest BCUT2D eigenvalue weighted by atomic mass is 32.2. The van der Waals surface area contributed by atoms with Crippen molar-refractivity contribution >= 4 is 27.4 Å². The first-order chi connectivity index (χ1) is 13.8. The van der Waals surface area contributed by atoms with Crippen molar-refractivity contribution in [3.8, 4) is 0 Å². The molecule has 154 valence electrons. The third-order valence-electron chi connectivity index (χ3n) is 4.84. The lowest BCUT2D eigenvalue weighted by atomic mass is 10.1. The van der Waals surface area contributed by atoms with Gasteiger partial charge in [-0.15, -0.1) is 0 Å². The van der Waals surface area contributed by atoms with E-state index in [0.29, 0.717) is 30.0 Å². The monoisotopic (exact) mass is 416 g/mol. The summed E-state index contributed by atoms with van der Waals surface area (Å²) in [6.07, 6.45) is 1.71. The van der Waals surface area contributed by atoms with Gasteiger partial charge in [0.25, 0.3) is 5.91 Å². The van der Waals surface area contributed by atoms with E-state index in [2.05, 4.69) is 5.32 Å². The van der Waals surface area contributed by atoms with Gasteiger partial charge in [-0.05, 0) is 56.2 Å². The zero-order valence-corrected chi connectivity index (χ0v) is 17.2. The number of anilines is 1. The van der Waals surface area contributed by atoms with Gasteiger partial charge in [0, 0.05) is 37.0 Å². The molecule has 0 aromatic heterocycles. The number of carbonyl (C=O) groups is 2. The Bertz CT molecular complexity index is 996. The van der Waals surface area contributed by atoms with Gasteiger partial charge in [-0.1, -0.05) is 12.1 Å². The average molecular weight is 416 g/mol. The van der Waals surface area contributed by atoms with Crippen molar-refractivity contribution < 1.29 is 22.7 Å². The molecule has 0 bridgehead atoms. The molecule has 1 heterocycles. The number of ketones is 1. The summed E-state index contributed by atoms with van der Waals surface area (Å²) in [6.45, 7) is 2.42. The number of carbonyl (C=O) groups excluding carboxylic acids is 2. The van der Waals surface area contributed by atoms with Crippen molar-refractivity contribution in [3.05, 3.63) is 59.7 Å². The number of amides is 1. The van der Waals surface area contributed by atoms with E-state index >= 15 is 0 Å². The molecule has 3 rings (SSSR count). The maximum atomic E-state index is 12.7. The van der Waals surface area contributed by atoms with Gasteiger partial charge in [-0.2, -0.15) is 4.31 Å². The molecule has 1 aliphatic heterocycles. The predicted octanol–water partition coefficient (Wildman–Crippen LogP) is 2.94. The summed E-state index contributed by atoms with van der Waals surface area (Å²) < 4.78 is 32.3. The number of nitrogens with one attached hydrogen (secondary N) is 1. The Labute approximate surface area is 170 Å². The van der Waals surface area contributed by atoms with Gasteiger partial charge < -0.3 is 10.1 Å². The van der Waals surface area contributed by atoms with Crippen LogP contribution in [0, 0.1) is 0 Å². The molecule has 1 N–H and O–H groups in total. The normalized spacial score (nSPS) is 16.7. The first-order valence-electron chi connectivity index (χ1n) is 9.38. The average Bonchev–Trinajstić information content (AvgIpc) is 3.21. The number of hydrogen-bond donors (Lipinski definition) is 1. The van der Waals surface area contributed by atoms with Gasteiger partial charge in [0.2, 0.25) is 10.0 Å². The maximum absolute atomic E-state index is 12.7. The Morgan fingerprint density at radius 3 is 2.48 bits per heavy atom. The molecule has 2 aromatic rings. The fourth-order valence-electron chi connectivity index (χ4n) is 3.15. The highest BCUT2D eigenvalue weighted by Gasteiger charge is 2.26. The first kappa shape index (κ1) is 21.2. The van der Waals surface area contributed by atoms with Crippen LogP contribution in [0.1, 0.15) is 40.5 Å². The smallest absolute Gasteiger partial charge is 0.255 e. The van der Waals surface area contributed by atoms with E-state index in [-0.39, 0.29) is 22.7 Å². The second kappa shape index (κ2) is 8.86. The van der Waals surface area contributed by atoms with E-state index in [1.165, 1.54) is 42.5 Å². The van der Waals surface area contributed by atoms with Crippen LogP contribution in [0.3, 0.4) is 0 Å². The minimum atomic E-state index is -3.66. The van der Waals surface area contributed by atoms with E-state index in [9.17, 15) is 18.0 Å². The first-order valence-corrected chi connectivity index (χ1v) is 10.8. The van der Waals surface area contributed by atoms with Crippen LogP contribution in [0.25, 0.3) is 0 Å². The van der Waals surface area contributed by atoms with E-state index in [4.69, 9.17) is 4.74 Å². The van der Waals surface area contributed by atoms with E-state index < -0.39 is 10.0 Å². The molecule has 0 radical (unpaired) electrons. The molecule has 1 amide bonds. The number of Topliss-reactive ketones (excluding diaryl/α,β-unsaturated/α-hetero) is 1. The Morgan fingerprint density at radius 2 is 1.86 bits per heavy atom. The second-order valence-corrected chi connectivity index (χ2v) is 9.08. The van der Waals surface area contributed by atoms with Crippen molar-refractivity contribution in [2.45, 2.75) is 30.8 Å². The third-order valence-corrected chi connectivity index (χ3v) is 6.67. The Kier molecular flexibility index (Phi) is 6.46. The van der Waals surface area contributed by atoms with Crippen molar-refractivity contribution in [2.24, 2.45) is 0 Å². The van der Waals surface area contributed by atoms with Crippen molar-refractivity contribution in [3.63, 3.8) is 0 Å². The van der Waals surface area contributed by atoms with Gasteiger partial charge in [0.15, 0.2) is 5.78 Å². The van der Waals surface area contributed by atoms with Crippen LogP contribution in [0.5, 0.6) is 0 Å². The van der Waals surface area contributed by atoms with Crippen molar-refractivity contribution in [1.82, 2.24) is 4.31 Å².